The van der Waals surface area contributed by atoms with Crippen LogP contribution in [0.3, 0.4) is 0 Å². The molecule has 1 fully saturated rings. The monoisotopic (exact) mass is 511 g/mol. The fourth-order valence-corrected chi connectivity index (χ4v) is 5.10. The molecule has 194 valence electrons. The summed E-state index contributed by atoms with van der Waals surface area (Å²) in [5.74, 6) is -0.248. The molecular formula is C29H30FN7O. The fraction of sp³-hybridized carbons (Fsp3) is 0.276. The molecule has 1 saturated heterocycles. The maximum absolute atomic E-state index is 13.6. The van der Waals surface area contributed by atoms with E-state index in [2.05, 4.69) is 37.0 Å². The average Bonchev–Trinajstić information content (AvgIpc) is 3.55. The van der Waals surface area contributed by atoms with E-state index in [1.54, 1.807) is 6.07 Å². The SMILES string of the molecule is CC(O)CN1CCN(c2ccc(-c3cnc4[nH]cc(-c5cnn(Cc6cccc(F)c6)c5)c4c3)nc2)CC1. The molecule has 0 spiro atoms. The van der Waals surface area contributed by atoms with Gasteiger partial charge in [-0.15, -0.1) is 0 Å². The lowest BCUT2D eigenvalue weighted by Crippen LogP contribution is -2.48. The van der Waals surface area contributed by atoms with Crippen LogP contribution in [-0.2, 0) is 6.54 Å². The van der Waals surface area contributed by atoms with Gasteiger partial charge in [0.05, 0.1) is 36.4 Å². The van der Waals surface area contributed by atoms with Crippen LogP contribution in [0.4, 0.5) is 10.1 Å². The van der Waals surface area contributed by atoms with Crippen LogP contribution in [0.15, 0.2) is 73.4 Å². The minimum Gasteiger partial charge on any atom is -0.392 e. The molecular weight excluding hydrogens is 481 g/mol. The molecule has 0 amide bonds. The van der Waals surface area contributed by atoms with Crippen molar-refractivity contribution in [2.45, 2.75) is 19.6 Å². The van der Waals surface area contributed by atoms with Crippen molar-refractivity contribution in [2.24, 2.45) is 0 Å². The lowest BCUT2D eigenvalue weighted by molar-refractivity contribution is 0.122. The summed E-state index contributed by atoms with van der Waals surface area (Å²) in [4.78, 5) is 17.3. The third-order valence-corrected chi connectivity index (χ3v) is 7.01. The van der Waals surface area contributed by atoms with Gasteiger partial charge in [0.25, 0.3) is 0 Å². The number of fused-ring (bicyclic) bond motifs is 1. The third kappa shape index (κ3) is 5.16. The van der Waals surface area contributed by atoms with E-state index in [0.29, 0.717) is 6.54 Å². The predicted octanol–water partition coefficient (Wildman–Crippen LogP) is 4.18. The van der Waals surface area contributed by atoms with Crippen LogP contribution in [0.1, 0.15) is 12.5 Å². The summed E-state index contributed by atoms with van der Waals surface area (Å²) < 4.78 is 15.4. The molecule has 4 aromatic heterocycles. The number of piperazine rings is 1. The van der Waals surface area contributed by atoms with E-state index >= 15 is 0 Å². The van der Waals surface area contributed by atoms with Gasteiger partial charge in [-0.05, 0) is 42.8 Å². The molecule has 2 N–H and O–H groups in total. The minimum atomic E-state index is -0.301. The summed E-state index contributed by atoms with van der Waals surface area (Å²) in [5.41, 5.74) is 6.54. The molecule has 0 aliphatic carbocycles. The van der Waals surface area contributed by atoms with E-state index in [9.17, 15) is 9.50 Å². The highest BCUT2D eigenvalue weighted by Crippen LogP contribution is 2.31. The van der Waals surface area contributed by atoms with Gasteiger partial charge in [0.15, 0.2) is 0 Å². The van der Waals surface area contributed by atoms with Crippen molar-refractivity contribution >= 4 is 16.7 Å². The zero-order valence-corrected chi connectivity index (χ0v) is 21.3. The highest BCUT2D eigenvalue weighted by Gasteiger charge is 2.19. The van der Waals surface area contributed by atoms with Gasteiger partial charge in [0, 0.05) is 73.4 Å². The van der Waals surface area contributed by atoms with Crippen molar-refractivity contribution in [3.8, 4) is 22.4 Å². The zero-order valence-electron chi connectivity index (χ0n) is 21.3. The fourth-order valence-electron chi connectivity index (χ4n) is 5.10. The number of anilines is 1. The summed E-state index contributed by atoms with van der Waals surface area (Å²) >= 11 is 0. The average molecular weight is 512 g/mol. The van der Waals surface area contributed by atoms with Gasteiger partial charge >= 0.3 is 0 Å². The number of hydrogen-bond acceptors (Lipinski definition) is 6. The molecule has 6 rings (SSSR count). The Labute approximate surface area is 220 Å². The summed E-state index contributed by atoms with van der Waals surface area (Å²) in [6.07, 6.45) is 9.20. The molecule has 1 atom stereocenters. The first kappa shape index (κ1) is 24.3. The number of hydrogen-bond donors (Lipinski definition) is 2. The molecule has 8 nitrogen and oxygen atoms in total. The molecule has 9 heteroatoms. The summed E-state index contributed by atoms with van der Waals surface area (Å²) in [5, 5.41) is 15.1. The van der Waals surface area contributed by atoms with Crippen molar-refractivity contribution in [3.63, 3.8) is 0 Å². The van der Waals surface area contributed by atoms with Gasteiger partial charge in [-0.2, -0.15) is 5.10 Å². The highest BCUT2D eigenvalue weighted by molar-refractivity contribution is 5.95. The Hall–Kier alpha value is -4.08. The van der Waals surface area contributed by atoms with Crippen LogP contribution < -0.4 is 4.90 Å². The predicted molar refractivity (Wildman–Crippen MR) is 146 cm³/mol. The molecule has 1 aliphatic heterocycles. The van der Waals surface area contributed by atoms with Crippen molar-refractivity contribution < 1.29 is 9.50 Å². The van der Waals surface area contributed by atoms with Gasteiger partial charge in [0.2, 0.25) is 0 Å². The first-order valence-corrected chi connectivity index (χ1v) is 12.9. The number of pyridine rings is 2. The Morgan fingerprint density at radius 2 is 1.87 bits per heavy atom. The van der Waals surface area contributed by atoms with Crippen LogP contribution in [0.2, 0.25) is 0 Å². The molecule has 5 heterocycles. The van der Waals surface area contributed by atoms with Crippen LogP contribution in [0.5, 0.6) is 0 Å². The molecule has 38 heavy (non-hydrogen) atoms. The summed E-state index contributed by atoms with van der Waals surface area (Å²) in [6.45, 7) is 6.75. The lowest BCUT2D eigenvalue weighted by Gasteiger charge is -2.36. The second-order valence-corrected chi connectivity index (χ2v) is 9.92. The quantitative estimate of drug-likeness (QED) is 0.341. The topological polar surface area (TPSA) is 86.1 Å². The Morgan fingerprint density at radius 1 is 1.00 bits per heavy atom. The summed E-state index contributed by atoms with van der Waals surface area (Å²) in [6, 6.07) is 12.8. The van der Waals surface area contributed by atoms with Gasteiger partial charge in [-0.25, -0.2) is 9.37 Å². The molecule has 1 unspecified atom stereocenters. The van der Waals surface area contributed by atoms with Crippen LogP contribution in [0, 0.1) is 5.82 Å². The number of halogens is 1. The highest BCUT2D eigenvalue weighted by atomic mass is 19.1. The second kappa shape index (κ2) is 10.4. The molecule has 0 bridgehead atoms. The maximum atomic E-state index is 13.6. The van der Waals surface area contributed by atoms with Crippen LogP contribution >= 0.6 is 0 Å². The smallest absolute Gasteiger partial charge is 0.137 e. The van der Waals surface area contributed by atoms with Crippen molar-refractivity contribution in [2.75, 3.05) is 37.6 Å². The first-order chi connectivity index (χ1) is 18.5. The van der Waals surface area contributed by atoms with E-state index < -0.39 is 0 Å². The Kier molecular flexibility index (Phi) is 6.61. The number of aliphatic hydroxyl groups is 1. The van der Waals surface area contributed by atoms with Gasteiger partial charge in [0.1, 0.15) is 11.5 Å². The Bertz CT molecular complexity index is 1530. The van der Waals surface area contributed by atoms with Crippen LogP contribution in [-0.4, -0.2) is 73.6 Å². The van der Waals surface area contributed by atoms with Crippen molar-refractivity contribution in [1.82, 2.24) is 29.6 Å². The van der Waals surface area contributed by atoms with Crippen LogP contribution in [0.25, 0.3) is 33.4 Å². The maximum Gasteiger partial charge on any atom is 0.137 e. The van der Waals surface area contributed by atoms with E-state index in [-0.39, 0.29) is 11.9 Å². The normalized spacial score (nSPS) is 15.3. The number of aromatic nitrogens is 5. The number of H-pyrrole nitrogens is 1. The number of β-amino-alcohol motifs (C(OH)–C–C–N with tert-alkyl or cyclic N) is 1. The molecule has 1 aromatic carbocycles. The Balaban J connectivity index is 1.19. The lowest BCUT2D eigenvalue weighted by atomic mass is 10.1. The van der Waals surface area contributed by atoms with Crippen molar-refractivity contribution in [3.05, 3.63) is 84.8 Å². The van der Waals surface area contributed by atoms with Gasteiger partial charge in [-0.3, -0.25) is 14.6 Å². The number of nitrogens with one attached hydrogen (secondary N) is 1. The number of nitrogens with zero attached hydrogens (tertiary/aromatic N) is 6. The first-order valence-electron chi connectivity index (χ1n) is 12.9. The van der Waals surface area contributed by atoms with Crippen molar-refractivity contribution in [1.29, 1.82) is 0 Å². The number of aromatic amines is 1. The van der Waals surface area contributed by atoms with Gasteiger partial charge in [-0.1, -0.05) is 12.1 Å². The summed E-state index contributed by atoms with van der Waals surface area (Å²) in [7, 11) is 0. The number of aliphatic hydroxyl groups excluding tert-OH is 1. The van der Waals surface area contributed by atoms with E-state index in [4.69, 9.17) is 4.98 Å². The minimum absolute atomic E-state index is 0.248. The van der Waals surface area contributed by atoms with E-state index in [0.717, 1.165) is 77.4 Å². The molecule has 0 saturated carbocycles. The Morgan fingerprint density at radius 3 is 2.63 bits per heavy atom. The molecule has 1 aliphatic rings. The number of benzene rings is 1. The standard InChI is InChI=1S/C29H30FN7O/c1-20(38)17-35-7-9-36(10-8-35)25-5-6-28(31-15-25)22-12-26-27(16-33-29(26)32-13-22)23-14-34-37(19-23)18-21-3-2-4-24(30)11-21/h2-6,11-16,19-20,38H,7-10,17-18H2,1H3,(H,32,33). The largest absolute Gasteiger partial charge is 0.392 e. The molecule has 0 radical (unpaired) electrons. The van der Waals surface area contributed by atoms with E-state index in [1.165, 1.54) is 12.1 Å². The van der Waals surface area contributed by atoms with Gasteiger partial charge < -0.3 is 15.0 Å². The molecule has 5 aromatic rings. The van der Waals surface area contributed by atoms with E-state index in [1.807, 2.05) is 54.7 Å². The second-order valence-electron chi connectivity index (χ2n) is 9.92. The zero-order chi connectivity index (χ0) is 26.1. The number of rotatable bonds is 7. The third-order valence-electron chi connectivity index (χ3n) is 7.01.